The number of hydrogen-bond donors (Lipinski definition) is 3. The molecule has 2 aromatic heterocycles. The van der Waals surface area contributed by atoms with Gasteiger partial charge in [-0.3, -0.25) is 25.2 Å². The van der Waals surface area contributed by atoms with Gasteiger partial charge in [-0.15, -0.1) is 0 Å². The second kappa shape index (κ2) is 6.09. The van der Waals surface area contributed by atoms with Crippen LogP contribution in [0, 0.1) is 0 Å². The highest BCUT2D eigenvalue weighted by atomic mass is 79.9. The van der Waals surface area contributed by atoms with E-state index in [0.29, 0.717) is 15.6 Å². The summed E-state index contributed by atoms with van der Waals surface area (Å²) in [6.45, 7) is 0. The van der Waals surface area contributed by atoms with Crippen molar-refractivity contribution in [2.24, 2.45) is 0 Å². The van der Waals surface area contributed by atoms with E-state index >= 15 is 0 Å². The maximum absolute atomic E-state index is 12.3. The summed E-state index contributed by atoms with van der Waals surface area (Å²) in [5.41, 5.74) is 4.45. The Morgan fingerprint density at radius 1 is 1.04 bits per heavy atom. The standard InChI is InChI=1S/C15H10BrN3O4/c16-12-6-5-11(23-12)15(22)19-18-14(21)9-7-17-10-4-2-1-3-8(10)13(9)20/h1-7H,(H,17,20)(H,18,21)(H,19,22). The molecule has 0 aliphatic carbocycles. The van der Waals surface area contributed by atoms with Crippen molar-refractivity contribution >= 4 is 38.6 Å². The molecule has 3 N–H and O–H groups in total. The fourth-order valence-electron chi connectivity index (χ4n) is 2.01. The van der Waals surface area contributed by atoms with Crippen LogP contribution in [0.4, 0.5) is 0 Å². The molecule has 0 radical (unpaired) electrons. The molecule has 0 atom stereocenters. The van der Waals surface area contributed by atoms with Crippen LogP contribution in [0.3, 0.4) is 0 Å². The Bertz CT molecular complexity index is 961. The van der Waals surface area contributed by atoms with Crippen LogP contribution in [0.25, 0.3) is 10.9 Å². The third kappa shape index (κ3) is 3.02. The molecule has 8 heteroatoms. The Labute approximate surface area is 137 Å². The van der Waals surface area contributed by atoms with Gasteiger partial charge in [-0.2, -0.15) is 0 Å². The number of rotatable bonds is 2. The number of H-pyrrole nitrogens is 1. The number of fused-ring (bicyclic) bond motifs is 1. The maximum atomic E-state index is 12.3. The number of nitrogens with one attached hydrogen (secondary N) is 3. The minimum absolute atomic E-state index is 0.0181. The largest absolute Gasteiger partial charge is 0.444 e. The molecule has 0 saturated heterocycles. The Morgan fingerprint density at radius 3 is 2.52 bits per heavy atom. The van der Waals surface area contributed by atoms with Gasteiger partial charge in [0.05, 0.1) is 0 Å². The van der Waals surface area contributed by atoms with Gasteiger partial charge in [0.1, 0.15) is 5.56 Å². The van der Waals surface area contributed by atoms with Crippen LogP contribution in [0.2, 0.25) is 0 Å². The first-order valence-corrected chi connectivity index (χ1v) is 7.32. The average molecular weight is 376 g/mol. The molecule has 0 fully saturated rings. The van der Waals surface area contributed by atoms with E-state index in [2.05, 4.69) is 31.8 Å². The molecule has 0 aliphatic heterocycles. The number of aromatic nitrogens is 1. The Morgan fingerprint density at radius 2 is 1.78 bits per heavy atom. The molecular formula is C15H10BrN3O4. The molecule has 23 heavy (non-hydrogen) atoms. The molecule has 116 valence electrons. The highest BCUT2D eigenvalue weighted by Gasteiger charge is 2.15. The van der Waals surface area contributed by atoms with E-state index in [-0.39, 0.29) is 11.3 Å². The molecule has 0 bridgehead atoms. The number of carbonyl (C=O) groups is 2. The summed E-state index contributed by atoms with van der Waals surface area (Å²) < 4.78 is 5.44. The van der Waals surface area contributed by atoms with Gasteiger partial charge in [0.25, 0.3) is 5.91 Å². The van der Waals surface area contributed by atoms with Crippen molar-refractivity contribution in [2.75, 3.05) is 0 Å². The molecule has 2 amide bonds. The maximum Gasteiger partial charge on any atom is 0.305 e. The van der Waals surface area contributed by atoms with Crippen molar-refractivity contribution < 1.29 is 14.0 Å². The van der Waals surface area contributed by atoms with Gasteiger partial charge in [-0.05, 0) is 40.2 Å². The van der Waals surface area contributed by atoms with Crippen molar-refractivity contribution in [2.45, 2.75) is 0 Å². The Balaban J connectivity index is 1.77. The number of hydrazine groups is 1. The SMILES string of the molecule is O=C(NNC(=O)c1c[nH]c2ccccc2c1=O)c1ccc(Br)o1. The van der Waals surface area contributed by atoms with Crippen molar-refractivity contribution in [1.82, 2.24) is 15.8 Å². The predicted octanol–water partition coefficient (Wildman–Crippen LogP) is 1.96. The monoisotopic (exact) mass is 375 g/mol. The molecular weight excluding hydrogens is 366 g/mol. The van der Waals surface area contributed by atoms with Gasteiger partial charge in [0.2, 0.25) is 5.43 Å². The number of halogens is 1. The minimum atomic E-state index is -0.726. The van der Waals surface area contributed by atoms with Gasteiger partial charge < -0.3 is 9.40 Å². The molecule has 1 aromatic carbocycles. The number of hydrogen-bond acceptors (Lipinski definition) is 4. The van der Waals surface area contributed by atoms with Crippen LogP contribution in [0.1, 0.15) is 20.9 Å². The van der Waals surface area contributed by atoms with E-state index in [1.807, 2.05) is 0 Å². The molecule has 3 aromatic rings. The van der Waals surface area contributed by atoms with Crippen LogP contribution in [-0.2, 0) is 0 Å². The zero-order valence-corrected chi connectivity index (χ0v) is 13.1. The zero-order chi connectivity index (χ0) is 16.4. The van der Waals surface area contributed by atoms with Gasteiger partial charge in [0.15, 0.2) is 10.4 Å². The Hall–Kier alpha value is -2.87. The van der Waals surface area contributed by atoms with E-state index in [1.165, 1.54) is 12.3 Å². The summed E-state index contributed by atoms with van der Waals surface area (Å²) in [4.78, 5) is 39.0. The van der Waals surface area contributed by atoms with Crippen molar-refractivity contribution in [3.8, 4) is 0 Å². The fraction of sp³-hybridized carbons (Fsp3) is 0. The summed E-state index contributed by atoms with van der Waals surface area (Å²) in [6.07, 6.45) is 1.30. The van der Waals surface area contributed by atoms with Crippen LogP contribution in [0.5, 0.6) is 0 Å². The summed E-state index contributed by atoms with van der Waals surface area (Å²) in [5, 5.41) is 0.390. The summed E-state index contributed by atoms with van der Waals surface area (Å²) in [7, 11) is 0. The van der Waals surface area contributed by atoms with E-state index in [1.54, 1.807) is 30.3 Å². The average Bonchev–Trinajstić information content (AvgIpc) is 2.99. The summed E-state index contributed by atoms with van der Waals surface area (Å²) in [5.74, 6) is -1.35. The lowest BCUT2D eigenvalue weighted by Crippen LogP contribution is -2.43. The van der Waals surface area contributed by atoms with E-state index < -0.39 is 17.2 Å². The van der Waals surface area contributed by atoms with Gasteiger partial charge in [-0.1, -0.05) is 12.1 Å². The third-order valence-corrected chi connectivity index (χ3v) is 3.55. The lowest BCUT2D eigenvalue weighted by molar-refractivity contribution is 0.0829. The first-order valence-electron chi connectivity index (χ1n) is 6.52. The fourth-order valence-corrected chi connectivity index (χ4v) is 2.32. The quantitative estimate of drug-likeness (QED) is 0.595. The van der Waals surface area contributed by atoms with Crippen molar-refractivity contribution in [3.63, 3.8) is 0 Å². The molecule has 0 saturated carbocycles. The minimum Gasteiger partial charge on any atom is -0.444 e. The number of amides is 2. The number of para-hydroxylation sites is 1. The van der Waals surface area contributed by atoms with Gasteiger partial charge >= 0.3 is 5.91 Å². The highest BCUT2D eigenvalue weighted by Crippen LogP contribution is 2.13. The van der Waals surface area contributed by atoms with Crippen molar-refractivity contribution in [3.05, 3.63) is 68.8 Å². The second-order valence-corrected chi connectivity index (χ2v) is 5.37. The van der Waals surface area contributed by atoms with Crippen molar-refractivity contribution in [1.29, 1.82) is 0 Å². The van der Waals surface area contributed by atoms with E-state index in [9.17, 15) is 14.4 Å². The second-order valence-electron chi connectivity index (χ2n) is 4.59. The lowest BCUT2D eigenvalue weighted by Gasteiger charge is -2.06. The molecule has 0 aliphatic rings. The van der Waals surface area contributed by atoms with Crippen LogP contribution < -0.4 is 16.3 Å². The van der Waals surface area contributed by atoms with Crippen LogP contribution >= 0.6 is 15.9 Å². The smallest absolute Gasteiger partial charge is 0.305 e. The number of pyridine rings is 1. The molecule has 2 heterocycles. The van der Waals surface area contributed by atoms with Gasteiger partial charge in [0, 0.05) is 17.1 Å². The predicted molar refractivity (Wildman–Crippen MR) is 85.9 cm³/mol. The van der Waals surface area contributed by atoms with E-state index in [0.717, 1.165) is 0 Å². The highest BCUT2D eigenvalue weighted by molar-refractivity contribution is 9.10. The van der Waals surface area contributed by atoms with Gasteiger partial charge in [-0.25, -0.2) is 0 Å². The number of benzene rings is 1. The van der Waals surface area contributed by atoms with E-state index in [4.69, 9.17) is 4.42 Å². The summed E-state index contributed by atoms with van der Waals surface area (Å²) >= 11 is 3.07. The normalized spacial score (nSPS) is 10.5. The van der Waals surface area contributed by atoms with Crippen LogP contribution in [0.15, 0.2) is 56.5 Å². The first kappa shape index (κ1) is 15.0. The number of aromatic amines is 1. The number of carbonyl (C=O) groups excluding carboxylic acids is 2. The Kier molecular flexibility index (Phi) is 3.98. The topological polar surface area (TPSA) is 104 Å². The zero-order valence-electron chi connectivity index (χ0n) is 11.6. The number of furan rings is 1. The third-order valence-electron chi connectivity index (χ3n) is 3.12. The molecule has 0 spiro atoms. The lowest BCUT2D eigenvalue weighted by atomic mass is 10.1. The molecule has 7 nitrogen and oxygen atoms in total. The van der Waals surface area contributed by atoms with Crippen LogP contribution in [-0.4, -0.2) is 16.8 Å². The summed E-state index contributed by atoms with van der Waals surface area (Å²) in [6, 6.07) is 9.81. The molecule has 3 rings (SSSR count). The molecule has 0 unspecified atom stereocenters. The first-order chi connectivity index (χ1) is 11.1.